The summed E-state index contributed by atoms with van der Waals surface area (Å²) in [6, 6.07) is 0. The van der Waals surface area contributed by atoms with Gasteiger partial charge in [-0.25, -0.2) is 0 Å². The Morgan fingerprint density at radius 1 is 0.429 bits per heavy atom. The van der Waals surface area contributed by atoms with Crippen LogP contribution < -0.4 is 0 Å². The fourth-order valence-electron chi connectivity index (χ4n) is 2.79. The summed E-state index contributed by atoms with van der Waals surface area (Å²) in [5, 5.41) is 0. The molecule has 0 aromatic carbocycles. The van der Waals surface area contributed by atoms with Gasteiger partial charge < -0.3 is 23.4 Å². The quantitative estimate of drug-likeness (QED) is 0.183. The zero-order valence-corrected chi connectivity index (χ0v) is 19.5. The van der Waals surface area contributed by atoms with Crippen molar-refractivity contribution in [2.24, 2.45) is 0 Å². The van der Waals surface area contributed by atoms with E-state index in [9.17, 15) is 0 Å². The number of hydrogen-bond donors (Lipinski definition) is 0. The van der Waals surface area contributed by atoms with Crippen LogP contribution in [0.25, 0.3) is 0 Å². The molecule has 5 heteroatoms. The van der Waals surface area contributed by atoms with E-state index in [0.29, 0.717) is 39.6 Å². The van der Waals surface area contributed by atoms with Gasteiger partial charge in [-0.05, 0) is 6.42 Å². The van der Waals surface area contributed by atoms with Gasteiger partial charge in [0.05, 0.1) is 67.4 Å². The first-order chi connectivity index (χ1) is 13.6. The summed E-state index contributed by atoms with van der Waals surface area (Å²) in [5.74, 6) is 0. The van der Waals surface area contributed by atoms with Crippen LogP contribution in [0.3, 0.4) is 0 Å². The van der Waals surface area contributed by atoms with Gasteiger partial charge in [0.15, 0.2) is 0 Å². The summed E-state index contributed by atoms with van der Waals surface area (Å²) in [6.45, 7) is 8.81. The molecule has 0 radical (unpaired) electrons. The standard InChI is InChI=1S/C23H50NO4/c1-5-6-7-8-9-10-11-12-13-14-16-25-18-20-27-22-23-28-21-19-26-17-15-24(2,3)4/h5-23H2,1-4H3/q+1. The van der Waals surface area contributed by atoms with Gasteiger partial charge in [-0.3, -0.25) is 0 Å². The van der Waals surface area contributed by atoms with Crippen molar-refractivity contribution in [1.29, 1.82) is 0 Å². The number of hydrogen-bond acceptors (Lipinski definition) is 4. The topological polar surface area (TPSA) is 36.9 Å². The van der Waals surface area contributed by atoms with Crippen molar-refractivity contribution in [2.75, 3.05) is 80.5 Å². The summed E-state index contributed by atoms with van der Waals surface area (Å²) in [5.41, 5.74) is 0. The van der Waals surface area contributed by atoms with E-state index in [4.69, 9.17) is 18.9 Å². The van der Waals surface area contributed by atoms with Gasteiger partial charge in [-0.15, -0.1) is 0 Å². The molecule has 0 aromatic heterocycles. The predicted octanol–water partition coefficient (Wildman–Crippen LogP) is 4.68. The number of nitrogens with zero attached hydrogens (tertiary/aromatic N) is 1. The van der Waals surface area contributed by atoms with E-state index < -0.39 is 0 Å². The van der Waals surface area contributed by atoms with Crippen molar-refractivity contribution < 1.29 is 23.4 Å². The second-order valence-electron chi connectivity index (χ2n) is 8.65. The second kappa shape index (κ2) is 21.5. The summed E-state index contributed by atoms with van der Waals surface area (Å²) < 4.78 is 23.1. The molecule has 170 valence electrons. The van der Waals surface area contributed by atoms with Crippen LogP contribution >= 0.6 is 0 Å². The maximum atomic E-state index is 5.62. The van der Waals surface area contributed by atoms with Crippen LogP contribution in [0.4, 0.5) is 0 Å². The lowest BCUT2D eigenvalue weighted by Crippen LogP contribution is -2.37. The lowest BCUT2D eigenvalue weighted by Gasteiger charge is -2.23. The third-order valence-corrected chi connectivity index (χ3v) is 4.66. The van der Waals surface area contributed by atoms with E-state index in [1.165, 1.54) is 64.2 Å². The third kappa shape index (κ3) is 25.8. The molecular weight excluding hydrogens is 354 g/mol. The fraction of sp³-hybridized carbons (Fsp3) is 1.00. The van der Waals surface area contributed by atoms with Crippen LogP contribution in [0.5, 0.6) is 0 Å². The first-order valence-electron chi connectivity index (χ1n) is 11.7. The lowest BCUT2D eigenvalue weighted by atomic mass is 10.1. The Hall–Kier alpha value is -0.200. The van der Waals surface area contributed by atoms with Crippen molar-refractivity contribution in [3.05, 3.63) is 0 Å². The number of rotatable bonds is 23. The average molecular weight is 405 g/mol. The molecule has 0 saturated heterocycles. The molecule has 0 saturated carbocycles. The van der Waals surface area contributed by atoms with Gasteiger partial charge in [-0.2, -0.15) is 0 Å². The second-order valence-corrected chi connectivity index (χ2v) is 8.65. The molecule has 0 unspecified atom stereocenters. The van der Waals surface area contributed by atoms with E-state index in [2.05, 4.69) is 28.1 Å². The van der Waals surface area contributed by atoms with E-state index in [1.54, 1.807) is 0 Å². The summed E-state index contributed by atoms with van der Waals surface area (Å²) in [6.07, 6.45) is 13.6. The Morgan fingerprint density at radius 2 is 0.786 bits per heavy atom. The van der Waals surface area contributed by atoms with Gasteiger partial charge in [0.25, 0.3) is 0 Å². The van der Waals surface area contributed by atoms with E-state index in [1.807, 2.05) is 0 Å². The highest BCUT2D eigenvalue weighted by atomic mass is 16.6. The molecule has 0 amide bonds. The van der Waals surface area contributed by atoms with Crippen molar-refractivity contribution in [3.63, 3.8) is 0 Å². The van der Waals surface area contributed by atoms with Gasteiger partial charge in [0, 0.05) is 6.61 Å². The van der Waals surface area contributed by atoms with Crippen LogP contribution in [0.2, 0.25) is 0 Å². The average Bonchev–Trinajstić information content (AvgIpc) is 2.65. The largest absolute Gasteiger partial charge is 0.379 e. The molecule has 0 spiro atoms. The van der Waals surface area contributed by atoms with Crippen molar-refractivity contribution >= 4 is 0 Å². The van der Waals surface area contributed by atoms with Gasteiger partial charge >= 0.3 is 0 Å². The van der Waals surface area contributed by atoms with Crippen LogP contribution in [0, 0.1) is 0 Å². The molecule has 0 atom stereocenters. The Kier molecular flexibility index (Phi) is 21.4. The van der Waals surface area contributed by atoms with Crippen molar-refractivity contribution in [3.8, 4) is 0 Å². The van der Waals surface area contributed by atoms with E-state index in [0.717, 1.165) is 24.2 Å². The SMILES string of the molecule is CCCCCCCCCCCCOCCOCCOCCOCC[N+](C)(C)C. The highest BCUT2D eigenvalue weighted by molar-refractivity contribution is 4.47. The molecule has 0 N–H and O–H groups in total. The minimum Gasteiger partial charge on any atom is -0.379 e. The molecule has 0 aliphatic rings. The summed E-state index contributed by atoms with van der Waals surface area (Å²) >= 11 is 0. The summed E-state index contributed by atoms with van der Waals surface area (Å²) in [4.78, 5) is 0. The van der Waals surface area contributed by atoms with Gasteiger partial charge in [0.2, 0.25) is 0 Å². The zero-order chi connectivity index (χ0) is 20.8. The molecule has 0 rings (SSSR count). The lowest BCUT2D eigenvalue weighted by molar-refractivity contribution is -0.870. The van der Waals surface area contributed by atoms with E-state index in [-0.39, 0.29) is 0 Å². The fourth-order valence-corrected chi connectivity index (χ4v) is 2.79. The first-order valence-corrected chi connectivity index (χ1v) is 11.7. The normalized spacial score (nSPS) is 12.0. The Balaban J connectivity index is 3.01. The highest BCUT2D eigenvalue weighted by Crippen LogP contribution is 2.10. The van der Waals surface area contributed by atoms with Crippen molar-refractivity contribution in [1.82, 2.24) is 0 Å². The van der Waals surface area contributed by atoms with Crippen LogP contribution in [-0.2, 0) is 18.9 Å². The number of likely N-dealkylation sites (N-methyl/N-ethyl adjacent to an activating group) is 1. The minimum absolute atomic E-state index is 0.622. The van der Waals surface area contributed by atoms with Crippen LogP contribution in [-0.4, -0.2) is 85.0 Å². The number of ether oxygens (including phenoxy) is 4. The van der Waals surface area contributed by atoms with Gasteiger partial charge in [-0.1, -0.05) is 64.7 Å². The molecule has 0 aliphatic heterocycles. The maximum Gasteiger partial charge on any atom is 0.102 e. The monoisotopic (exact) mass is 404 g/mol. The molecule has 0 aromatic rings. The molecule has 28 heavy (non-hydrogen) atoms. The molecule has 0 bridgehead atoms. The molecule has 0 aliphatic carbocycles. The number of quaternary nitrogens is 1. The Morgan fingerprint density at radius 3 is 1.21 bits per heavy atom. The van der Waals surface area contributed by atoms with E-state index >= 15 is 0 Å². The van der Waals surface area contributed by atoms with Crippen molar-refractivity contribution in [2.45, 2.75) is 71.1 Å². The molecule has 0 fully saturated rings. The molecule has 5 nitrogen and oxygen atoms in total. The summed E-state index contributed by atoms with van der Waals surface area (Å²) in [7, 11) is 6.49. The smallest absolute Gasteiger partial charge is 0.102 e. The van der Waals surface area contributed by atoms with Gasteiger partial charge in [0.1, 0.15) is 6.54 Å². The highest BCUT2D eigenvalue weighted by Gasteiger charge is 2.05. The Bertz CT molecular complexity index is 295. The first kappa shape index (κ1) is 27.8. The third-order valence-electron chi connectivity index (χ3n) is 4.66. The Labute approximate surface area is 175 Å². The molecule has 0 heterocycles. The number of unbranched alkanes of at least 4 members (excludes halogenated alkanes) is 9. The van der Waals surface area contributed by atoms with Crippen LogP contribution in [0.1, 0.15) is 71.1 Å². The van der Waals surface area contributed by atoms with Crippen LogP contribution in [0.15, 0.2) is 0 Å². The minimum atomic E-state index is 0.622. The molecular formula is C23H50NO4+. The predicted molar refractivity (Wildman–Crippen MR) is 118 cm³/mol. The maximum absolute atomic E-state index is 5.62. The zero-order valence-electron chi connectivity index (χ0n) is 19.5.